The SMILES string of the molecule is CCC(O)c1occc1-c1ccccc1. The lowest BCUT2D eigenvalue weighted by Gasteiger charge is -2.07. The van der Waals surface area contributed by atoms with Gasteiger partial charge >= 0.3 is 0 Å². The molecule has 1 N–H and O–H groups in total. The Balaban J connectivity index is 2.41. The van der Waals surface area contributed by atoms with Crippen molar-refractivity contribution in [1.29, 1.82) is 0 Å². The van der Waals surface area contributed by atoms with Crippen LogP contribution in [0, 0.1) is 0 Å². The molecule has 1 heterocycles. The Kier molecular flexibility index (Phi) is 2.88. The van der Waals surface area contributed by atoms with Gasteiger partial charge in [-0.25, -0.2) is 0 Å². The minimum atomic E-state index is -0.518. The summed E-state index contributed by atoms with van der Waals surface area (Å²) in [6, 6.07) is 11.8. The van der Waals surface area contributed by atoms with E-state index in [0.717, 1.165) is 11.1 Å². The zero-order valence-electron chi connectivity index (χ0n) is 8.68. The van der Waals surface area contributed by atoms with E-state index in [0.29, 0.717) is 12.2 Å². The molecule has 0 saturated carbocycles. The highest BCUT2D eigenvalue weighted by Gasteiger charge is 2.15. The van der Waals surface area contributed by atoms with Gasteiger partial charge in [0, 0.05) is 5.56 Å². The Morgan fingerprint density at radius 3 is 2.60 bits per heavy atom. The lowest BCUT2D eigenvalue weighted by molar-refractivity contribution is 0.146. The van der Waals surface area contributed by atoms with Crippen LogP contribution in [0.4, 0.5) is 0 Å². The number of rotatable bonds is 3. The Hall–Kier alpha value is -1.54. The molecule has 2 aromatic rings. The van der Waals surface area contributed by atoms with Crippen LogP contribution in [0.2, 0.25) is 0 Å². The zero-order chi connectivity index (χ0) is 10.7. The number of benzene rings is 1. The fourth-order valence-corrected chi connectivity index (χ4v) is 1.62. The van der Waals surface area contributed by atoms with Gasteiger partial charge in [-0.15, -0.1) is 0 Å². The Labute approximate surface area is 89.2 Å². The van der Waals surface area contributed by atoms with Crippen molar-refractivity contribution in [3.05, 3.63) is 48.4 Å². The Bertz CT molecular complexity index is 417. The van der Waals surface area contributed by atoms with Crippen molar-refractivity contribution in [3.8, 4) is 11.1 Å². The number of hydrogen-bond acceptors (Lipinski definition) is 2. The molecular formula is C13H14O2. The molecule has 1 atom stereocenters. The molecule has 2 heteroatoms. The molecule has 0 radical (unpaired) electrons. The second-order valence-electron chi connectivity index (χ2n) is 3.49. The lowest BCUT2D eigenvalue weighted by atomic mass is 10.0. The van der Waals surface area contributed by atoms with Gasteiger partial charge in [0.1, 0.15) is 11.9 Å². The summed E-state index contributed by atoms with van der Waals surface area (Å²) in [5.74, 6) is 0.656. The summed E-state index contributed by atoms with van der Waals surface area (Å²) in [5.41, 5.74) is 2.05. The molecule has 0 saturated heterocycles. The van der Waals surface area contributed by atoms with Crippen LogP contribution in [0.1, 0.15) is 25.2 Å². The number of furan rings is 1. The molecule has 0 bridgehead atoms. The second-order valence-corrected chi connectivity index (χ2v) is 3.49. The summed E-state index contributed by atoms with van der Waals surface area (Å²) in [4.78, 5) is 0. The minimum Gasteiger partial charge on any atom is -0.466 e. The molecule has 78 valence electrons. The lowest BCUT2D eigenvalue weighted by Crippen LogP contribution is -1.94. The van der Waals surface area contributed by atoms with Crippen LogP contribution in [0.5, 0.6) is 0 Å². The average molecular weight is 202 g/mol. The van der Waals surface area contributed by atoms with Crippen LogP contribution in [0.3, 0.4) is 0 Å². The first-order chi connectivity index (χ1) is 7.33. The van der Waals surface area contributed by atoms with Crippen LogP contribution in [-0.4, -0.2) is 5.11 Å². The highest BCUT2D eigenvalue weighted by atomic mass is 16.4. The van der Waals surface area contributed by atoms with E-state index < -0.39 is 6.10 Å². The quantitative estimate of drug-likeness (QED) is 0.827. The molecule has 0 spiro atoms. The average Bonchev–Trinajstić information content (AvgIpc) is 2.78. The maximum Gasteiger partial charge on any atom is 0.140 e. The van der Waals surface area contributed by atoms with Crippen LogP contribution in [-0.2, 0) is 0 Å². The smallest absolute Gasteiger partial charge is 0.140 e. The summed E-state index contributed by atoms with van der Waals surface area (Å²) in [6.45, 7) is 1.93. The monoisotopic (exact) mass is 202 g/mol. The van der Waals surface area contributed by atoms with E-state index >= 15 is 0 Å². The molecule has 0 aliphatic rings. The summed E-state index contributed by atoms with van der Waals surface area (Å²) < 4.78 is 5.32. The molecule has 0 aliphatic heterocycles. The molecule has 2 rings (SSSR count). The minimum absolute atomic E-state index is 0.518. The van der Waals surface area contributed by atoms with E-state index in [1.807, 2.05) is 43.3 Å². The number of aliphatic hydroxyl groups is 1. The highest BCUT2D eigenvalue weighted by molar-refractivity contribution is 5.65. The molecule has 15 heavy (non-hydrogen) atoms. The van der Waals surface area contributed by atoms with Gasteiger partial charge in [-0.1, -0.05) is 37.3 Å². The van der Waals surface area contributed by atoms with Gasteiger partial charge in [-0.05, 0) is 18.1 Å². The first-order valence-corrected chi connectivity index (χ1v) is 5.13. The number of aliphatic hydroxyl groups excluding tert-OH is 1. The zero-order valence-corrected chi connectivity index (χ0v) is 8.68. The van der Waals surface area contributed by atoms with Crippen LogP contribution >= 0.6 is 0 Å². The van der Waals surface area contributed by atoms with E-state index in [-0.39, 0.29) is 0 Å². The summed E-state index contributed by atoms with van der Waals surface area (Å²) in [5, 5.41) is 9.77. The van der Waals surface area contributed by atoms with Gasteiger partial charge in [0.25, 0.3) is 0 Å². The van der Waals surface area contributed by atoms with E-state index in [1.165, 1.54) is 0 Å². The van der Waals surface area contributed by atoms with Crippen LogP contribution in [0.25, 0.3) is 11.1 Å². The summed E-state index contributed by atoms with van der Waals surface area (Å²) in [6.07, 6.45) is 1.76. The fourth-order valence-electron chi connectivity index (χ4n) is 1.62. The van der Waals surface area contributed by atoms with Gasteiger partial charge < -0.3 is 9.52 Å². The van der Waals surface area contributed by atoms with Crippen molar-refractivity contribution in [1.82, 2.24) is 0 Å². The van der Waals surface area contributed by atoms with Gasteiger partial charge in [0.15, 0.2) is 0 Å². The highest BCUT2D eigenvalue weighted by Crippen LogP contribution is 2.30. The van der Waals surface area contributed by atoms with Gasteiger partial charge in [0.05, 0.1) is 6.26 Å². The van der Waals surface area contributed by atoms with E-state index in [2.05, 4.69) is 0 Å². The van der Waals surface area contributed by atoms with Crippen molar-refractivity contribution >= 4 is 0 Å². The van der Waals surface area contributed by atoms with Gasteiger partial charge in [-0.2, -0.15) is 0 Å². The van der Waals surface area contributed by atoms with E-state index in [4.69, 9.17) is 4.42 Å². The van der Waals surface area contributed by atoms with Crippen molar-refractivity contribution < 1.29 is 9.52 Å². The standard InChI is InChI=1S/C13H14O2/c1-2-12(14)13-11(8-9-15-13)10-6-4-3-5-7-10/h3-9,12,14H,2H2,1H3. The third-order valence-electron chi connectivity index (χ3n) is 2.47. The molecule has 1 aromatic carbocycles. The second kappa shape index (κ2) is 4.32. The van der Waals surface area contributed by atoms with Crippen LogP contribution < -0.4 is 0 Å². The third kappa shape index (κ3) is 1.95. The molecule has 1 unspecified atom stereocenters. The van der Waals surface area contributed by atoms with Crippen molar-refractivity contribution in [3.63, 3.8) is 0 Å². The molecule has 0 fully saturated rings. The topological polar surface area (TPSA) is 33.4 Å². The molecule has 2 nitrogen and oxygen atoms in total. The van der Waals surface area contributed by atoms with Crippen molar-refractivity contribution in [2.45, 2.75) is 19.4 Å². The predicted molar refractivity (Wildman–Crippen MR) is 59.4 cm³/mol. The molecule has 0 amide bonds. The van der Waals surface area contributed by atoms with Crippen molar-refractivity contribution in [2.24, 2.45) is 0 Å². The summed E-state index contributed by atoms with van der Waals surface area (Å²) in [7, 11) is 0. The first kappa shape index (κ1) is 9.99. The first-order valence-electron chi connectivity index (χ1n) is 5.13. The third-order valence-corrected chi connectivity index (χ3v) is 2.47. The Morgan fingerprint density at radius 2 is 1.93 bits per heavy atom. The molecule has 0 aliphatic carbocycles. The predicted octanol–water partition coefficient (Wildman–Crippen LogP) is 3.39. The number of hydrogen-bond donors (Lipinski definition) is 1. The maximum atomic E-state index is 9.77. The molecule has 1 aromatic heterocycles. The van der Waals surface area contributed by atoms with Crippen LogP contribution in [0.15, 0.2) is 47.1 Å². The van der Waals surface area contributed by atoms with Crippen molar-refractivity contribution in [2.75, 3.05) is 0 Å². The largest absolute Gasteiger partial charge is 0.466 e. The Morgan fingerprint density at radius 1 is 1.20 bits per heavy atom. The van der Waals surface area contributed by atoms with Gasteiger partial charge in [0.2, 0.25) is 0 Å². The van der Waals surface area contributed by atoms with E-state index in [9.17, 15) is 5.11 Å². The summed E-state index contributed by atoms with van der Waals surface area (Å²) >= 11 is 0. The molecular weight excluding hydrogens is 188 g/mol. The van der Waals surface area contributed by atoms with E-state index in [1.54, 1.807) is 6.26 Å². The fraction of sp³-hybridized carbons (Fsp3) is 0.231. The maximum absolute atomic E-state index is 9.77. The van der Waals surface area contributed by atoms with Gasteiger partial charge in [-0.3, -0.25) is 0 Å². The normalized spacial score (nSPS) is 12.7.